The lowest BCUT2D eigenvalue weighted by atomic mass is 10.1. The van der Waals surface area contributed by atoms with Crippen LogP contribution in [0.15, 0.2) is 12.1 Å². The van der Waals surface area contributed by atoms with Crippen molar-refractivity contribution in [1.82, 2.24) is 14.9 Å². The number of ether oxygens (including phenoxy) is 3. The van der Waals surface area contributed by atoms with Crippen LogP contribution in [-0.2, 0) is 4.74 Å². The van der Waals surface area contributed by atoms with Crippen LogP contribution in [0.2, 0.25) is 0 Å². The Balaban J connectivity index is 1.39. The molecule has 0 aliphatic carbocycles. The van der Waals surface area contributed by atoms with Gasteiger partial charge in [0.25, 0.3) is 0 Å². The summed E-state index contributed by atoms with van der Waals surface area (Å²) in [6.45, 7) is 7.82. The van der Waals surface area contributed by atoms with Gasteiger partial charge in [-0.2, -0.15) is 4.98 Å². The minimum absolute atomic E-state index is 0.357. The van der Waals surface area contributed by atoms with Crippen molar-refractivity contribution in [3.63, 3.8) is 0 Å². The number of nitrogens with one attached hydrogen (secondary N) is 1. The summed E-state index contributed by atoms with van der Waals surface area (Å²) in [4.78, 5) is 14.7. The molecule has 0 spiro atoms. The third kappa shape index (κ3) is 5.44. The van der Waals surface area contributed by atoms with E-state index in [1.807, 2.05) is 12.1 Å². The van der Waals surface area contributed by atoms with Gasteiger partial charge in [-0.3, -0.25) is 0 Å². The molecule has 1 N–H and O–H groups in total. The molecule has 33 heavy (non-hydrogen) atoms. The van der Waals surface area contributed by atoms with Gasteiger partial charge in [0.1, 0.15) is 5.82 Å². The second-order valence-electron chi connectivity index (χ2n) is 9.37. The Kier molecular flexibility index (Phi) is 7.31. The molecule has 0 saturated carbocycles. The molecule has 1 aromatic carbocycles. The van der Waals surface area contributed by atoms with Gasteiger partial charge < -0.3 is 29.3 Å². The van der Waals surface area contributed by atoms with Crippen LogP contribution >= 0.6 is 0 Å². The standard InChI is InChI=1S/C25H37N5O3/c1-31-22-17-20-21(18-23(22)33-14-6-11-29-9-2-3-10-29)27-25(30-12-4-5-13-30)28-24(20)26-19-7-15-32-16-8-19/h17-19H,2-16H2,1H3,(H,26,27,28). The number of aromatic nitrogens is 2. The Labute approximate surface area is 196 Å². The summed E-state index contributed by atoms with van der Waals surface area (Å²) in [7, 11) is 1.70. The zero-order valence-electron chi connectivity index (χ0n) is 19.9. The van der Waals surface area contributed by atoms with E-state index in [2.05, 4.69) is 15.1 Å². The molecule has 3 fully saturated rings. The van der Waals surface area contributed by atoms with E-state index in [0.717, 1.165) is 86.3 Å². The number of likely N-dealkylation sites (tertiary alicyclic amines) is 1. The molecule has 2 aromatic rings. The normalized spacial score (nSPS) is 20.0. The highest BCUT2D eigenvalue weighted by Crippen LogP contribution is 2.36. The number of nitrogens with zero attached hydrogens (tertiary/aromatic N) is 4. The van der Waals surface area contributed by atoms with E-state index in [9.17, 15) is 0 Å². The van der Waals surface area contributed by atoms with Crippen molar-refractivity contribution in [3.05, 3.63) is 12.1 Å². The maximum absolute atomic E-state index is 6.19. The van der Waals surface area contributed by atoms with Gasteiger partial charge in [-0.25, -0.2) is 4.98 Å². The fourth-order valence-corrected chi connectivity index (χ4v) is 5.08. The van der Waals surface area contributed by atoms with E-state index in [4.69, 9.17) is 24.2 Å². The summed E-state index contributed by atoms with van der Waals surface area (Å²) >= 11 is 0. The van der Waals surface area contributed by atoms with E-state index in [0.29, 0.717) is 12.6 Å². The van der Waals surface area contributed by atoms with Gasteiger partial charge in [0.15, 0.2) is 11.5 Å². The number of hydrogen-bond acceptors (Lipinski definition) is 8. The lowest BCUT2D eigenvalue weighted by Gasteiger charge is -2.25. The summed E-state index contributed by atoms with van der Waals surface area (Å²) < 4.78 is 17.4. The molecule has 3 aliphatic heterocycles. The number of rotatable bonds is 9. The van der Waals surface area contributed by atoms with Crippen molar-refractivity contribution in [3.8, 4) is 11.5 Å². The average molecular weight is 456 g/mol. The fourth-order valence-electron chi connectivity index (χ4n) is 5.08. The maximum Gasteiger partial charge on any atom is 0.227 e. The van der Waals surface area contributed by atoms with Crippen LogP contribution in [0.25, 0.3) is 10.9 Å². The van der Waals surface area contributed by atoms with Gasteiger partial charge in [-0.15, -0.1) is 0 Å². The molecule has 5 rings (SSSR count). The monoisotopic (exact) mass is 455 g/mol. The molecule has 3 saturated heterocycles. The zero-order chi connectivity index (χ0) is 22.5. The Morgan fingerprint density at radius 1 is 1.00 bits per heavy atom. The topological polar surface area (TPSA) is 72.0 Å². The van der Waals surface area contributed by atoms with Crippen LogP contribution in [0.5, 0.6) is 11.5 Å². The highest BCUT2D eigenvalue weighted by molar-refractivity contribution is 5.93. The number of methoxy groups -OCH3 is 1. The zero-order valence-corrected chi connectivity index (χ0v) is 19.9. The maximum atomic E-state index is 6.19. The summed E-state index contributed by atoms with van der Waals surface area (Å²) in [5.41, 5.74) is 0.900. The molecule has 180 valence electrons. The smallest absolute Gasteiger partial charge is 0.227 e. The second-order valence-corrected chi connectivity index (χ2v) is 9.37. The van der Waals surface area contributed by atoms with Crippen molar-refractivity contribution in [2.24, 2.45) is 0 Å². The molecule has 8 heteroatoms. The van der Waals surface area contributed by atoms with Crippen LogP contribution in [0, 0.1) is 0 Å². The Morgan fingerprint density at radius 2 is 1.76 bits per heavy atom. The predicted octanol–water partition coefficient (Wildman–Crippen LogP) is 3.69. The van der Waals surface area contributed by atoms with Crippen molar-refractivity contribution in [1.29, 1.82) is 0 Å². The minimum Gasteiger partial charge on any atom is -0.493 e. The van der Waals surface area contributed by atoms with Crippen molar-refractivity contribution in [2.75, 3.05) is 69.9 Å². The first-order valence-electron chi connectivity index (χ1n) is 12.6. The molecule has 0 radical (unpaired) electrons. The molecule has 3 aliphatic rings. The van der Waals surface area contributed by atoms with Gasteiger partial charge in [-0.05, 0) is 64.1 Å². The van der Waals surface area contributed by atoms with Crippen molar-refractivity contribution in [2.45, 2.75) is 51.0 Å². The second kappa shape index (κ2) is 10.7. The van der Waals surface area contributed by atoms with Crippen LogP contribution in [0.3, 0.4) is 0 Å². The molecule has 0 unspecified atom stereocenters. The average Bonchev–Trinajstić information content (AvgIpc) is 3.56. The SMILES string of the molecule is COc1cc2c(NC3CCOCC3)nc(N3CCCC3)nc2cc1OCCCN1CCCC1. The van der Waals surface area contributed by atoms with E-state index in [-0.39, 0.29) is 0 Å². The lowest BCUT2D eigenvalue weighted by molar-refractivity contribution is 0.0904. The fraction of sp³-hybridized carbons (Fsp3) is 0.680. The first-order chi connectivity index (χ1) is 16.3. The van der Waals surface area contributed by atoms with Gasteiger partial charge >= 0.3 is 0 Å². The Morgan fingerprint density at radius 3 is 2.52 bits per heavy atom. The number of anilines is 2. The van der Waals surface area contributed by atoms with Gasteiger partial charge in [0.05, 0.1) is 19.2 Å². The lowest BCUT2D eigenvalue weighted by Crippen LogP contribution is -2.29. The third-order valence-corrected chi connectivity index (χ3v) is 7.00. The van der Waals surface area contributed by atoms with Gasteiger partial charge in [0, 0.05) is 50.3 Å². The molecule has 0 atom stereocenters. The molecule has 0 amide bonds. The largest absolute Gasteiger partial charge is 0.493 e. The number of hydrogen-bond donors (Lipinski definition) is 1. The molecule has 4 heterocycles. The Hall–Kier alpha value is -2.32. The van der Waals surface area contributed by atoms with E-state index >= 15 is 0 Å². The predicted molar refractivity (Wildman–Crippen MR) is 131 cm³/mol. The Bertz CT molecular complexity index is 922. The first kappa shape index (κ1) is 22.5. The van der Waals surface area contributed by atoms with Crippen LogP contribution < -0.4 is 19.7 Å². The molecule has 1 aromatic heterocycles. The molecule has 0 bridgehead atoms. The summed E-state index contributed by atoms with van der Waals surface area (Å²) in [5.74, 6) is 3.18. The summed E-state index contributed by atoms with van der Waals surface area (Å²) in [6, 6.07) is 4.41. The molecular formula is C25H37N5O3. The van der Waals surface area contributed by atoms with Crippen LogP contribution in [0.4, 0.5) is 11.8 Å². The third-order valence-electron chi connectivity index (χ3n) is 7.00. The van der Waals surface area contributed by atoms with Crippen LogP contribution in [0.1, 0.15) is 44.9 Å². The molecule has 8 nitrogen and oxygen atoms in total. The van der Waals surface area contributed by atoms with Crippen molar-refractivity contribution >= 4 is 22.7 Å². The highest BCUT2D eigenvalue weighted by Gasteiger charge is 2.22. The first-order valence-corrected chi connectivity index (χ1v) is 12.6. The number of fused-ring (bicyclic) bond motifs is 1. The van der Waals surface area contributed by atoms with E-state index < -0.39 is 0 Å². The van der Waals surface area contributed by atoms with Gasteiger partial charge in [0.2, 0.25) is 5.95 Å². The number of benzene rings is 1. The van der Waals surface area contributed by atoms with E-state index in [1.165, 1.54) is 38.8 Å². The minimum atomic E-state index is 0.357. The summed E-state index contributed by atoms with van der Waals surface area (Å²) in [5, 5.41) is 4.66. The van der Waals surface area contributed by atoms with Gasteiger partial charge in [-0.1, -0.05) is 0 Å². The molecular weight excluding hydrogens is 418 g/mol. The summed E-state index contributed by atoms with van der Waals surface area (Å²) in [6.07, 6.45) is 8.02. The van der Waals surface area contributed by atoms with E-state index in [1.54, 1.807) is 7.11 Å². The quantitative estimate of drug-likeness (QED) is 0.574. The van der Waals surface area contributed by atoms with Crippen LogP contribution in [-0.4, -0.2) is 80.6 Å². The van der Waals surface area contributed by atoms with Crippen molar-refractivity contribution < 1.29 is 14.2 Å². The highest BCUT2D eigenvalue weighted by atomic mass is 16.5.